The Balaban J connectivity index is 1.54. The van der Waals surface area contributed by atoms with Crippen LogP contribution in [0.1, 0.15) is 11.3 Å². The number of aliphatic hydroxyl groups is 1. The summed E-state index contributed by atoms with van der Waals surface area (Å²) >= 11 is 1.25. The molecule has 2 aromatic carbocycles. The van der Waals surface area contributed by atoms with Crippen LogP contribution in [0.25, 0.3) is 5.69 Å². The minimum Gasteiger partial charge on any atom is -0.431 e. The molecular weight excluding hydrogens is 402 g/mol. The van der Waals surface area contributed by atoms with Crippen molar-refractivity contribution in [2.45, 2.75) is 13.2 Å². The van der Waals surface area contributed by atoms with Crippen LogP contribution < -0.4 is 10.4 Å². The minimum absolute atomic E-state index is 0.166. The molecule has 0 amide bonds. The van der Waals surface area contributed by atoms with E-state index in [-0.39, 0.29) is 18.7 Å². The topological polar surface area (TPSA) is 82.2 Å². The summed E-state index contributed by atoms with van der Waals surface area (Å²) in [4.78, 5) is 16.7. The Morgan fingerprint density at radius 1 is 1.10 bits per heavy atom. The molecule has 0 atom stereocenters. The molecule has 0 aliphatic carbocycles. The van der Waals surface area contributed by atoms with Crippen LogP contribution in [0.5, 0.6) is 10.9 Å². The van der Waals surface area contributed by atoms with Gasteiger partial charge < -0.3 is 9.84 Å². The van der Waals surface area contributed by atoms with Gasteiger partial charge in [-0.05, 0) is 36.4 Å². The van der Waals surface area contributed by atoms with E-state index in [1.54, 1.807) is 29.6 Å². The van der Waals surface area contributed by atoms with Gasteiger partial charge in [0.15, 0.2) is 0 Å². The third kappa shape index (κ3) is 3.93. The lowest BCUT2D eigenvalue weighted by Crippen LogP contribution is -2.24. The van der Waals surface area contributed by atoms with E-state index in [2.05, 4.69) is 10.1 Å². The van der Waals surface area contributed by atoms with Crippen molar-refractivity contribution < 1.29 is 18.6 Å². The Morgan fingerprint density at radius 3 is 2.48 bits per heavy atom. The van der Waals surface area contributed by atoms with Crippen molar-refractivity contribution in [2.75, 3.05) is 0 Å². The van der Waals surface area contributed by atoms with Gasteiger partial charge in [-0.1, -0.05) is 17.4 Å². The van der Waals surface area contributed by atoms with E-state index < -0.39 is 17.3 Å². The summed E-state index contributed by atoms with van der Waals surface area (Å²) < 4.78 is 35.5. The molecule has 1 N–H and O–H groups in total. The first-order valence-electron chi connectivity index (χ1n) is 8.46. The van der Waals surface area contributed by atoms with Gasteiger partial charge in [0.2, 0.25) is 0 Å². The van der Waals surface area contributed by atoms with Gasteiger partial charge in [-0.3, -0.25) is 4.57 Å². The van der Waals surface area contributed by atoms with Gasteiger partial charge in [-0.15, -0.1) is 0 Å². The highest BCUT2D eigenvalue weighted by Crippen LogP contribution is 2.25. The number of aromatic nitrogens is 4. The van der Waals surface area contributed by atoms with E-state index in [0.717, 1.165) is 21.4 Å². The third-order valence-corrected chi connectivity index (χ3v) is 4.87. The second kappa shape index (κ2) is 7.94. The lowest BCUT2D eigenvalue weighted by molar-refractivity contribution is 0.276. The molecule has 0 radical (unpaired) electrons. The molecule has 0 fully saturated rings. The Hall–Kier alpha value is -3.37. The van der Waals surface area contributed by atoms with Gasteiger partial charge >= 0.3 is 5.69 Å². The molecule has 0 aliphatic rings. The molecule has 0 saturated heterocycles. The van der Waals surface area contributed by atoms with E-state index >= 15 is 0 Å². The normalized spacial score (nSPS) is 11.0. The molecule has 4 aromatic rings. The predicted octanol–water partition coefficient (Wildman–Crippen LogP) is 3.10. The number of hydrogen-bond acceptors (Lipinski definition) is 6. The van der Waals surface area contributed by atoms with Gasteiger partial charge in [0, 0.05) is 10.9 Å². The van der Waals surface area contributed by atoms with E-state index in [0.29, 0.717) is 22.3 Å². The summed E-state index contributed by atoms with van der Waals surface area (Å²) in [5.74, 6) is -0.955. The molecule has 10 heteroatoms. The maximum absolute atomic E-state index is 13.8. The lowest BCUT2D eigenvalue weighted by atomic mass is 10.2. The molecular formula is C19H14F2N4O3S. The van der Waals surface area contributed by atoms with Crippen molar-refractivity contribution in [1.82, 2.24) is 19.3 Å². The predicted molar refractivity (Wildman–Crippen MR) is 101 cm³/mol. The Bertz CT molecular complexity index is 1180. The number of ether oxygens (including phenoxy) is 1. The van der Waals surface area contributed by atoms with Crippen LogP contribution in [0, 0.1) is 11.6 Å². The number of hydrogen-bond donors (Lipinski definition) is 1. The smallest absolute Gasteiger partial charge is 0.350 e. The molecule has 2 aromatic heterocycles. The maximum Gasteiger partial charge on any atom is 0.350 e. The molecule has 0 aliphatic heterocycles. The minimum atomic E-state index is -0.724. The fourth-order valence-corrected chi connectivity index (χ4v) is 3.32. The Morgan fingerprint density at radius 2 is 1.83 bits per heavy atom. The summed E-state index contributed by atoms with van der Waals surface area (Å²) in [5, 5.41) is 15.1. The van der Waals surface area contributed by atoms with Crippen molar-refractivity contribution in [3.63, 3.8) is 0 Å². The number of rotatable bonds is 6. The molecule has 29 heavy (non-hydrogen) atoms. The number of nitrogens with zero attached hydrogens (tertiary/aromatic N) is 4. The van der Waals surface area contributed by atoms with Crippen LogP contribution in [-0.4, -0.2) is 24.4 Å². The highest BCUT2D eigenvalue weighted by molar-refractivity contribution is 7.11. The summed E-state index contributed by atoms with van der Waals surface area (Å²) in [6.45, 7) is -0.434. The van der Waals surface area contributed by atoms with Crippen molar-refractivity contribution in [3.8, 4) is 16.6 Å². The maximum atomic E-state index is 13.8. The number of benzene rings is 2. The highest BCUT2D eigenvalue weighted by Gasteiger charge is 2.13. The molecule has 0 unspecified atom stereocenters. The van der Waals surface area contributed by atoms with Gasteiger partial charge in [-0.2, -0.15) is 9.78 Å². The summed E-state index contributed by atoms with van der Waals surface area (Å²) in [5.41, 5.74) is 0.243. The van der Waals surface area contributed by atoms with Gasteiger partial charge in [-0.25, -0.2) is 18.6 Å². The molecule has 2 heterocycles. The van der Waals surface area contributed by atoms with Gasteiger partial charge in [0.05, 0.1) is 24.5 Å². The zero-order valence-corrected chi connectivity index (χ0v) is 15.6. The Kier molecular flexibility index (Phi) is 5.19. The van der Waals surface area contributed by atoms with Crippen LogP contribution in [0.15, 0.2) is 59.0 Å². The van der Waals surface area contributed by atoms with Crippen molar-refractivity contribution in [3.05, 3.63) is 87.5 Å². The van der Waals surface area contributed by atoms with Crippen LogP contribution in [0.3, 0.4) is 0 Å². The largest absolute Gasteiger partial charge is 0.431 e. The molecule has 0 spiro atoms. The van der Waals surface area contributed by atoms with E-state index in [1.165, 1.54) is 23.7 Å². The second-order valence-corrected chi connectivity index (χ2v) is 6.83. The zero-order valence-electron chi connectivity index (χ0n) is 14.8. The lowest BCUT2D eigenvalue weighted by Gasteiger charge is -2.05. The first-order valence-corrected chi connectivity index (χ1v) is 9.34. The summed E-state index contributed by atoms with van der Waals surface area (Å²) in [6, 6.07) is 10.1. The quantitative estimate of drug-likeness (QED) is 0.522. The van der Waals surface area contributed by atoms with E-state index in [4.69, 9.17) is 9.84 Å². The van der Waals surface area contributed by atoms with Crippen molar-refractivity contribution in [2.24, 2.45) is 0 Å². The SMILES string of the molecule is O=c1n(Cc2c(F)cccc2F)cnn1-c1ccc(Oc2nc(CO)cs2)cc1. The average molecular weight is 416 g/mol. The molecule has 148 valence electrons. The molecule has 7 nitrogen and oxygen atoms in total. The summed E-state index contributed by atoms with van der Waals surface area (Å²) in [6.07, 6.45) is 1.23. The monoisotopic (exact) mass is 416 g/mol. The van der Waals surface area contributed by atoms with Crippen LogP contribution in [0.4, 0.5) is 8.78 Å². The van der Waals surface area contributed by atoms with Crippen LogP contribution in [-0.2, 0) is 13.2 Å². The second-order valence-electron chi connectivity index (χ2n) is 6.01. The average Bonchev–Trinajstić information content (AvgIpc) is 3.32. The van der Waals surface area contributed by atoms with Crippen LogP contribution in [0.2, 0.25) is 0 Å². The fourth-order valence-electron chi connectivity index (χ4n) is 2.64. The van der Waals surface area contributed by atoms with Gasteiger partial charge in [0.25, 0.3) is 5.19 Å². The molecule has 0 bridgehead atoms. The molecule has 0 saturated carbocycles. The summed E-state index contributed by atoms with van der Waals surface area (Å²) in [7, 11) is 0. The standard InChI is InChI=1S/C19H14F2N4O3S/c20-16-2-1-3-17(21)15(16)8-24-11-22-25(19(24)27)13-4-6-14(7-5-13)28-18-23-12(9-26)10-29-18/h1-7,10-11,26H,8-9H2. The first-order chi connectivity index (χ1) is 14.0. The first kappa shape index (κ1) is 19.0. The van der Waals surface area contributed by atoms with Crippen molar-refractivity contribution >= 4 is 11.3 Å². The fraction of sp³-hybridized carbons (Fsp3) is 0.105. The van der Waals surface area contributed by atoms with E-state index in [1.807, 2.05) is 0 Å². The van der Waals surface area contributed by atoms with Crippen LogP contribution >= 0.6 is 11.3 Å². The van der Waals surface area contributed by atoms with E-state index in [9.17, 15) is 13.6 Å². The number of thiazole rings is 1. The Labute approximate surface area is 167 Å². The van der Waals surface area contributed by atoms with Crippen molar-refractivity contribution in [1.29, 1.82) is 0 Å². The third-order valence-electron chi connectivity index (χ3n) is 4.10. The van der Waals surface area contributed by atoms with Gasteiger partial charge in [0.1, 0.15) is 23.7 Å². The highest BCUT2D eigenvalue weighted by atomic mass is 32.1. The number of halogens is 2. The number of aliphatic hydroxyl groups excluding tert-OH is 1. The zero-order chi connectivity index (χ0) is 20.4. The molecule has 4 rings (SSSR count).